The van der Waals surface area contributed by atoms with Gasteiger partial charge in [-0.1, -0.05) is 25.4 Å². The first-order chi connectivity index (χ1) is 17.6. The van der Waals surface area contributed by atoms with Gasteiger partial charge in [-0.3, -0.25) is 9.36 Å². The van der Waals surface area contributed by atoms with Crippen molar-refractivity contribution in [2.75, 3.05) is 23.8 Å². The van der Waals surface area contributed by atoms with E-state index in [9.17, 15) is 23.5 Å². The third kappa shape index (κ3) is 5.56. The zero-order valence-corrected chi connectivity index (χ0v) is 21.9. The predicted molar refractivity (Wildman–Crippen MR) is 138 cm³/mol. The monoisotopic (exact) mass is 552 g/mol. The molecule has 0 radical (unpaired) electrons. The van der Waals surface area contributed by atoms with E-state index in [2.05, 4.69) is 20.6 Å². The van der Waals surface area contributed by atoms with E-state index in [-0.39, 0.29) is 35.4 Å². The lowest BCUT2D eigenvalue weighted by molar-refractivity contribution is -0.119. The molecule has 1 aromatic heterocycles. The number of aromatic nitrogens is 2. The summed E-state index contributed by atoms with van der Waals surface area (Å²) in [5.41, 5.74) is 1.14. The van der Waals surface area contributed by atoms with Crippen LogP contribution in [0.5, 0.6) is 5.75 Å². The molecule has 10 nitrogen and oxygen atoms in total. The summed E-state index contributed by atoms with van der Waals surface area (Å²) in [6.45, 7) is 4.01. The van der Waals surface area contributed by atoms with Crippen molar-refractivity contribution in [1.82, 2.24) is 9.97 Å². The first-order valence-electron chi connectivity index (χ1n) is 11.7. The van der Waals surface area contributed by atoms with Crippen LogP contribution >= 0.6 is 19.2 Å². The molecular formula is C24H27ClFN4O6P. The van der Waals surface area contributed by atoms with Crippen molar-refractivity contribution in [2.24, 2.45) is 0 Å². The summed E-state index contributed by atoms with van der Waals surface area (Å²) in [5, 5.41) is 4.24. The van der Waals surface area contributed by atoms with E-state index in [0.717, 1.165) is 0 Å². The molecule has 1 atom stereocenters. The molecule has 0 bridgehead atoms. The van der Waals surface area contributed by atoms with E-state index in [1.54, 1.807) is 26.0 Å². The second-order valence-electron chi connectivity index (χ2n) is 8.68. The van der Waals surface area contributed by atoms with Crippen molar-refractivity contribution < 1.29 is 33.0 Å². The Morgan fingerprint density at radius 3 is 2.65 bits per heavy atom. The molecule has 4 rings (SSSR count). The second kappa shape index (κ2) is 10.9. The van der Waals surface area contributed by atoms with Crippen LogP contribution in [0.25, 0.3) is 10.9 Å². The molecule has 37 heavy (non-hydrogen) atoms. The fourth-order valence-corrected chi connectivity index (χ4v) is 5.55. The fraction of sp³-hybridized carbons (Fsp3) is 0.375. The van der Waals surface area contributed by atoms with Crippen LogP contribution < -0.4 is 15.4 Å². The molecule has 0 spiro atoms. The topological polar surface area (TPSA) is 143 Å². The highest BCUT2D eigenvalue weighted by atomic mass is 35.5. The summed E-state index contributed by atoms with van der Waals surface area (Å²) in [6.07, 6.45) is 1.58. The van der Waals surface area contributed by atoms with Gasteiger partial charge in [-0.2, -0.15) is 0 Å². The molecule has 198 valence electrons. The molecule has 13 heteroatoms. The Balaban J connectivity index is 1.78. The van der Waals surface area contributed by atoms with Crippen LogP contribution in [0, 0.1) is 5.82 Å². The highest BCUT2D eigenvalue weighted by Crippen LogP contribution is 2.55. The van der Waals surface area contributed by atoms with Crippen LogP contribution in [0.15, 0.2) is 36.7 Å². The van der Waals surface area contributed by atoms with Gasteiger partial charge in [0.1, 0.15) is 35.0 Å². The molecule has 1 amide bonds. The van der Waals surface area contributed by atoms with E-state index in [1.165, 1.54) is 24.5 Å². The number of anilines is 3. The van der Waals surface area contributed by atoms with E-state index in [1.807, 2.05) is 0 Å². The number of halogens is 2. The van der Waals surface area contributed by atoms with Crippen LogP contribution in [-0.2, 0) is 14.1 Å². The van der Waals surface area contributed by atoms with Crippen LogP contribution in [-0.4, -0.2) is 50.1 Å². The highest BCUT2D eigenvalue weighted by Gasteiger charge is 2.50. The lowest BCUT2D eigenvalue weighted by Gasteiger charge is -2.31. The maximum absolute atomic E-state index is 13.6. The van der Waals surface area contributed by atoms with Gasteiger partial charge in [0.15, 0.2) is 0 Å². The van der Waals surface area contributed by atoms with E-state index in [4.69, 9.17) is 21.1 Å². The Kier molecular flexibility index (Phi) is 8.01. The number of hydrogen-bond donors (Lipinski definition) is 4. The first-order valence-corrected chi connectivity index (χ1v) is 13.7. The summed E-state index contributed by atoms with van der Waals surface area (Å²) in [7, 11) is -4.81. The molecule has 1 saturated heterocycles. The summed E-state index contributed by atoms with van der Waals surface area (Å²) < 4.78 is 37.4. The number of fused-ring (bicyclic) bond motifs is 1. The standard InChI is InChI=1S/C24H27ClFN4O6P/c1-3-24(4-2,37(32,33)34)23(31)30-20-10-16-19(11-21(20)36-15-7-8-35-12-15)27-13-28-22(16)29-14-5-6-18(26)17(25)9-14/h5-6,9-11,13,15H,3-4,7-8,12H2,1-2H3,(H,30,31)(H,27,28,29)(H2,32,33,34)/t15-/m0/s1. The lowest BCUT2D eigenvalue weighted by Crippen LogP contribution is -2.41. The fourth-order valence-electron chi connectivity index (χ4n) is 4.23. The largest absolute Gasteiger partial charge is 0.486 e. The molecular weight excluding hydrogens is 526 g/mol. The second-order valence-corrected chi connectivity index (χ2v) is 11.0. The zero-order chi connectivity index (χ0) is 26.8. The number of carbonyl (C=O) groups excluding carboxylic acids is 1. The van der Waals surface area contributed by atoms with Crippen molar-refractivity contribution in [3.8, 4) is 5.75 Å². The van der Waals surface area contributed by atoms with Crippen molar-refractivity contribution >= 4 is 53.2 Å². The Bertz CT molecular complexity index is 1360. The molecule has 1 aliphatic heterocycles. The number of benzene rings is 2. The number of carbonyl (C=O) groups is 1. The van der Waals surface area contributed by atoms with Crippen LogP contribution in [0.3, 0.4) is 0 Å². The van der Waals surface area contributed by atoms with Gasteiger partial charge in [0.2, 0.25) is 5.91 Å². The molecule has 0 unspecified atom stereocenters. The summed E-state index contributed by atoms with van der Waals surface area (Å²) >= 11 is 5.90. The summed E-state index contributed by atoms with van der Waals surface area (Å²) in [6, 6.07) is 7.30. The van der Waals surface area contributed by atoms with Gasteiger partial charge in [-0.15, -0.1) is 0 Å². The van der Waals surface area contributed by atoms with E-state index >= 15 is 0 Å². The van der Waals surface area contributed by atoms with Crippen molar-refractivity contribution in [1.29, 1.82) is 0 Å². The maximum Gasteiger partial charge on any atom is 0.341 e. The Hall–Kier alpha value is -2.82. The van der Waals surface area contributed by atoms with Gasteiger partial charge in [0.05, 0.1) is 29.4 Å². The molecule has 0 aliphatic carbocycles. The lowest BCUT2D eigenvalue weighted by atomic mass is 10.0. The molecule has 4 N–H and O–H groups in total. The molecule has 2 aromatic carbocycles. The molecule has 1 aliphatic rings. The Labute approximate surface area is 217 Å². The minimum atomic E-state index is -4.81. The number of ether oxygens (including phenoxy) is 2. The normalized spacial score (nSPS) is 16.1. The number of nitrogens with one attached hydrogen (secondary N) is 2. The summed E-state index contributed by atoms with van der Waals surface area (Å²) in [5.74, 6) is -0.777. The van der Waals surface area contributed by atoms with Crippen molar-refractivity contribution in [3.05, 3.63) is 47.5 Å². The van der Waals surface area contributed by atoms with E-state index < -0.39 is 24.5 Å². The zero-order valence-electron chi connectivity index (χ0n) is 20.2. The van der Waals surface area contributed by atoms with Gasteiger partial charge in [-0.05, 0) is 37.1 Å². The third-order valence-corrected chi connectivity index (χ3v) is 8.74. The Morgan fingerprint density at radius 2 is 2.03 bits per heavy atom. The average molecular weight is 553 g/mol. The molecule has 2 heterocycles. The summed E-state index contributed by atoms with van der Waals surface area (Å²) in [4.78, 5) is 42.0. The Morgan fingerprint density at radius 1 is 1.27 bits per heavy atom. The molecule has 3 aromatic rings. The molecule has 0 saturated carbocycles. The van der Waals surface area contributed by atoms with Gasteiger partial charge < -0.3 is 29.9 Å². The van der Waals surface area contributed by atoms with Crippen LogP contribution in [0.1, 0.15) is 33.1 Å². The van der Waals surface area contributed by atoms with Gasteiger partial charge in [0, 0.05) is 23.6 Å². The number of rotatable bonds is 9. The van der Waals surface area contributed by atoms with Crippen LogP contribution in [0.4, 0.5) is 21.6 Å². The number of nitrogens with zero attached hydrogens (tertiary/aromatic N) is 2. The van der Waals surface area contributed by atoms with Crippen molar-refractivity contribution in [2.45, 2.75) is 44.4 Å². The first kappa shape index (κ1) is 27.2. The molecule has 1 fully saturated rings. The predicted octanol–water partition coefficient (Wildman–Crippen LogP) is 5.01. The van der Waals surface area contributed by atoms with Crippen molar-refractivity contribution in [3.63, 3.8) is 0 Å². The quantitative estimate of drug-likeness (QED) is 0.269. The number of hydrogen-bond acceptors (Lipinski definition) is 7. The SMILES string of the molecule is CCC(CC)(C(=O)Nc1cc2c(Nc3ccc(F)c(Cl)c3)ncnc2cc1O[C@H]1CCOC1)P(=O)(O)O. The minimum Gasteiger partial charge on any atom is -0.486 e. The van der Waals surface area contributed by atoms with Gasteiger partial charge in [-0.25, -0.2) is 14.4 Å². The van der Waals surface area contributed by atoms with Gasteiger partial charge >= 0.3 is 7.60 Å². The minimum absolute atomic E-state index is 0.0684. The highest BCUT2D eigenvalue weighted by molar-refractivity contribution is 7.54. The van der Waals surface area contributed by atoms with Crippen LogP contribution in [0.2, 0.25) is 5.02 Å². The third-order valence-electron chi connectivity index (χ3n) is 6.50. The number of amides is 1. The average Bonchev–Trinajstić information content (AvgIpc) is 3.35. The smallest absolute Gasteiger partial charge is 0.341 e. The maximum atomic E-state index is 13.6. The van der Waals surface area contributed by atoms with Gasteiger partial charge in [0.25, 0.3) is 0 Å². The van der Waals surface area contributed by atoms with E-state index in [0.29, 0.717) is 42.0 Å².